The van der Waals surface area contributed by atoms with E-state index in [2.05, 4.69) is 32.1 Å². The standard InChI is InChI=1S/C41H49F3/c1-3-5-7-9-11-35-24-27-38(41(44)40(35)43)34-22-20-33(21-23-34)37-26-25-36(28-39(37)42)32-18-16-31(17-19-32)30-14-12-29(13-15-30)10-8-6-4-2/h4,6,18,20-31H,3,5,7-17,19H2,1-2H3/b6-4+. The van der Waals surface area contributed by atoms with Gasteiger partial charge in [0.25, 0.3) is 0 Å². The van der Waals surface area contributed by atoms with Crippen molar-refractivity contribution in [3.63, 3.8) is 0 Å². The molecule has 0 nitrogen and oxygen atoms in total. The van der Waals surface area contributed by atoms with Crippen molar-refractivity contribution in [2.45, 2.75) is 104 Å². The first-order chi connectivity index (χ1) is 21.5. The molecule has 0 aromatic heterocycles. The van der Waals surface area contributed by atoms with Gasteiger partial charge in [-0.1, -0.05) is 106 Å². The third-order valence-corrected chi connectivity index (χ3v) is 10.3. The monoisotopic (exact) mass is 598 g/mol. The molecule has 0 saturated heterocycles. The molecule has 2 aliphatic carbocycles. The predicted molar refractivity (Wildman–Crippen MR) is 180 cm³/mol. The van der Waals surface area contributed by atoms with E-state index in [1.54, 1.807) is 42.5 Å². The van der Waals surface area contributed by atoms with Gasteiger partial charge in [-0.25, -0.2) is 13.2 Å². The van der Waals surface area contributed by atoms with Crippen LogP contribution in [0, 0.1) is 35.2 Å². The summed E-state index contributed by atoms with van der Waals surface area (Å²) in [5, 5.41) is 0. The Hall–Kier alpha value is -3.07. The highest BCUT2D eigenvalue weighted by Crippen LogP contribution is 2.42. The molecule has 0 bridgehead atoms. The Morgan fingerprint density at radius 1 is 0.727 bits per heavy atom. The molecule has 0 aliphatic heterocycles. The maximum atomic E-state index is 15.4. The molecule has 44 heavy (non-hydrogen) atoms. The van der Waals surface area contributed by atoms with Crippen molar-refractivity contribution in [3.05, 3.63) is 101 Å². The predicted octanol–water partition coefficient (Wildman–Crippen LogP) is 12.9. The highest BCUT2D eigenvalue weighted by molar-refractivity contribution is 5.74. The van der Waals surface area contributed by atoms with Gasteiger partial charge in [-0.15, -0.1) is 0 Å². The lowest BCUT2D eigenvalue weighted by Gasteiger charge is -2.35. The molecule has 234 valence electrons. The first-order valence-electron chi connectivity index (χ1n) is 17.2. The minimum Gasteiger partial charge on any atom is -0.206 e. The number of aryl methyl sites for hydroxylation is 1. The topological polar surface area (TPSA) is 0 Å². The maximum absolute atomic E-state index is 15.4. The Kier molecular flexibility index (Phi) is 11.6. The van der Waals surface area contributed by atoms with Gasteiger partial charge in [0.05, 0.1) is 0 Å². The van der Waals surface area contributed by atoms with Gasteiger partial charge >= 0.3 is 0 Å². The molecular formula is C41H49F3. The van der Waals surface area contributed by atoms with E-state index in [1.807, 2.05) is 12.1 Å². The van der Waals surface area contributed by atoms with Crippen molar-refractivity contribution in [2.24, 2.45) is 17.8 Å². The number of hydrogen-bond acceptors (Lipinski definition) is 0. The van der Waals surface area contributed by atoms with Crippen molar-refractivity contribution < 1.29 is 13.2 Å². The van der Waals surface area contributed by atoms with E-state index in [1.165, 1.54) is 50.5 Å². The number of rotatable bonds is 12. The molecule has 0 radical (unpaired) electrons. The molecule has 0 heterocycles. The van der Waals surface area contributed by atoms with Crippen LogP contribution < -0.4 is 0 Å². The van der Waals surface area contributed by atoms with E-state index < -0.39 is 11.6 Å². The molecular weight excluding hydrogens is 549 g/mol. The fraction of sp³-hybridized carbons (Fsp3) is 0.463. The summed E-state index contributed by atoms with van der Waals surface area (Å²) in [5.74, 6) is 0.687. The zero-order chi connectivity index (χ0) is 30.9. The van der Waals surface area contributed by atoms with Crippen LogP contribution in [0.25, 0.3) is 27.8 Å². The third kappa shape index (κ3) is 7.95. The van der Waals surface area contributed by atoms with Crippen LogP contribution >= 0.6 is 0 Å². The van der Waals surface area contributed by atoms with Crippen LogP contribution in [0.1, 0.15) is 108 Å². The lowest BCUT2D eigenvalue weighted by molar-refractivity contribution is 0.190. The normalized spacial score (nSPS) is 20.7. The summed E-state index contributed by atoms with van der Waals surface area (Å²) in [6.45, 7) is 4.24. The summed E-state index contributed by atoms with van der Waals surface area (Å²) >= 11 is 0. The lowest BCUT2D eigenvalue weighted by Crippen LogP contribution is -2.23. The smallest absolute Gasteiger partial charge is 0.166 e. The van der Waals surface area contributed by atoms with Gasteiger partial charge in [0.1, 0.15) is 5.82 Å². The van der Waals surface area contributed by atoms with E-state index in [0.717, 1.165) is 67.4 Å². The Morgan fingerprint density at radius 2 is 1.43 bits per heavy atom. The molecule has 0 amide bonds. The highest BCUT2D eigenvalue weighted by Gasteiger charge is 2.28. The van der Waals surface area contributed by atoms with Crippen LogP contribution in [-0.4, -0.2) is 0 Å². The second-order valence-corrected chi connectivity index (χ2v) is 13.2. The first kappa shape index (κ1) is 32.3. The second kappa shape index (κ2) is 15.8. The molecule has 5 rings (SSSR count). The van der Waals surface area contributed by atoms with Gasteiger partial charge in [0.2, 0.25) is 0 Å². The summed E-state index contributed by atoms with van der Waals surface area (Å²) in [6, 6.07) is 16.0. The maximum Gasteiger partial charge on any atom is 0.166 e. The van der Waals surface area contributed by atoms with Gasteiger partial charge in [-0.3, -0.25) is 0 Å². The minimum atomic E-state index is -0.808. The summed E-state index contributed by atoms with van der Waals surface area (Å²) in [7, 11) is 0. The largest absolute Gasteiger partial charge is 0.206 e. The molecule has 0 spiro atoms. The number of hydrogen-bond donors (Lipinski definition) is 0. The van der Waals surface area contributed by atoms with Gasteiger partial charge in [0.15, 0.2) is 11.6 Å². The number of unbranched alkanes of at least 4 members (excludes halogenated alkanes) is 3. The van der Waals surface area contributed by atoms with E-state index in [4.69, 9.17) is 0 Å². The van der Waals surface area contributed by atoms with Gasteiger partial charge in [0, 0.05) is 11.1 Å². The van der Waals surface area contributed by atoms with E-state index >= 15 is 4.39 Å². The van der Waals surface area contributed by atoms with Crippen molar-refractivity contribution in [2.75, 3.05) is 0 Å². The lowest BCUT2D eigenvalue weighted by atomic mass is 9.70. The van der Waals surface area contributed by atoms with E-state index in [-0.39, 0.29) is 11.4 Å². The molecule has 0 N–H and O–H groups in total. The molecule has 1 fully saturated rings. The van der Waals surface area contributed by atoms with Crippen LogP contribution in [0.2, 0.25) is 0 Å². The Bertz CT molecular complexity index is 1420. The fourth-order valence-corrected chi connectivity index (χ4v) is 7.52. The molecule has 1 unspecified atom stereocenters. The summed E-state index contributed by atoms with van der Waals surface area (Å²) in [4.78, 5) is 0. The van der Waals surface area contributed by atoms with E-state index in [0.29, 0.717) is 23.1 Å². The third-order valence-electron chi connectivity index (χ3n) is 10.3. The van der Waals surface area contributed by atoms with Gasteiger partial charge < -0.3 is 0 Å². The van der Waals surface area contributed by atoms with Crippen LogP contribution in [0.5, 0.6) is 0 Å². The Balaban J connectivity index is 1.19. The Labute approximate surface area is 263 Å². The van der Waals surface area contributed by atoms with E-state index in [9.17, 15) is 8.78 Å². The van der Waals surface area contributed by atoms with Crippen molar-refractivity contribution >= 4 is 5.57 Å². The van der Waals surface area contributed by atoms with Crippen LogP contribution in [0.15, 0.2) is 72.8 Å². The first-order valence-corrected chi connectivity index (χ1v) is 17.2. The van der Waals surface area contributed by atoms with Crippen molar-refractivity contribution in [3.8, 4) is 22.3 Å². The van der Waals surface area contributed by atoms with Crippen molar-refractivity contribution in [1.82, 2.24) is 0 Å². The zero-order valence-electron chi connectivity index (χ0n) is 26.7. The Morgan fingerprint density at radius 3 is 2.09 bits per heavy atom. The molecule has 3 aromatic carbocycles. The minimum absolute atomic E-state index is 0.238. The van der Waals surface area contributed by atoms with Gasteiger partial charge in [-0.2, -0.15) is 0 Å². The molecule has 2 aliphatic rings. The average Bonchev–Trinajstić information content (AvgIpc) is 3.06. The zero-order valence-corrected chi connectivity index (χ0v) is 26.7. The summed E-state index contributed by atoms with van der Waals surface area (Å²) < 4.78 is 45.2. The quantitative estimate of drug-likeness (QED) is 0.144. The van der Waals surface area contributed by atoms with Crippen LogP contribution in [0.3, 0.4) is 0 Å². The SMILES string of the molecule is C/C=C/CCC1CCC(C2CC=C(c3ccc(-c4ccc(-c5ccc(CCCCCC)c(F)c5F)cc4)c(F)c3)CC2)CC1. The molecule has 3 aromatic rings. The fourth-order valence-electron chi connectivity index (χ4n) is 7.52. The summed E-state index contributed by atoms with van der Waals surface area (Å²) in [5.41, 5.74) is 4.74. The number of benzene rings is 3. The van der Waals surface area contributed by atoms with Crippen LogP contribution in [0.4, 0.5) is 13.2 Å². The van der Waals surface area contributed by atoms with Crippen molar-refractivity contribution in [1.29, 1.82) is 0 Å². The highest BCUT2D eigenvalue weighted by atomic mass is 19.2. The number of allylic oxidation sites excluding steroid dienone is 4. The number of halogens is 3. The van der Waals surface area contributed by atoms with Gasteiger partial charge in [-0.05, 0) is 116 Å². The molecule has 1 atom stereocenters. The molecule has 1 saturated carbocycles. The second-order valence-electron chi connectivity index (χ2n) is 13.2. The molecule has 3 heteroatoms. The summed E-state index contributed by atoms with van der Waals surface area (Å²) in [6.07, 6.45) is 22.8. The average molecular weight is 599 g/mol. The van der Waals surface area contributed by atoms with Crippen LogP contribution in [-0.2, 0) is 6.42 Å².